The summed E-state index contributed by atoms with van der Waals surface area (Å²) in [5.41, 5.74) is 12.3. The van der Waals surface area contributed by atoms with Crippen molar-refractivity contribution in [3.63, 3.8) is 0 Å². The van der Waals surface area contributed by atoms with Crippen LogP contribution in [0.3, 0.4) is 0 Å². The van der Waals surface area contributed by atoms with Gasteiger partial charge in [-0.2, -0.15) is 0 Å². The van der Waals surface area contributed by atoms with Gasteiger partial charge in [0.2, 0.25) is 0 Å². The molecule has 0 N–H and O–H groups in total. The Labute approximate surface area is 367 Å². The predicted octanol–water partition coefficient (Wildman–Crippen LogP) is 11.4. The Morgan fingerprint density at radius 3 is 1.59 bits per heavy atom. The molecule has 5 heteroatoms. The van der Waals surface area contributed by atoms with Crippen LogP contribution in [-0.4, -0.2) is 32.4 Å². The average molecular weight is 864 g/mol. The van der Waals surface area contributed by atoms with Crippen LogP contribution in [0.5, 0.6) is 0 Å². The normalized spacial score (nSPS) is 12.9. The molecule has 4 nitrogen and oxygen atoms in total. The molecule has 1 aliphatic heterocycles. The molecular weight excluding hydrogens is 825 g/mol. The number of hydrogen-bond donors (Lipinski definition) is 0. The van der Waals surface area contributed by atoms with Crippen molar-refractivity contribution in [1.29, 1.82) is 0 Å². The first-order valence-electron chi connectivity index (χ1n) is 21.6. The molecule has 12 aromatic rings. The van der Waals surface area contributed by atoms with Crippen molar-refractivity contribution < 1.29 is 0 Å². The van der Waals surface area contributed by atoms with Crippen molar-refractivity contribution in [3.05, 3.63) is 231 Å². The number of benzene rings is 9. The second-order valence-electron chi connectivity index (χ2n) is 16.5. The zero-order valence-corrected chi connectivity index (χ0v) is 36.3. The maximum absolute atomic E-state index is 5.64. The molecule has 0 aliphatic carbocycles. The Kier molecular flexibility index (Phi) is 8.05. The number of nitrogens with zero attached hydrogens (tertiary/aromatic N) is 4. The quantitative estimate of drug-likeness (QED) is 0.156. The molecule has 63 heavy (non-hydrogen) atoms. The van der Waals surface area contributed by atoms with Crippen LogP contribution < -0.4 is 17.6 Å². The van der Waals surface area contributed by atoms with E-state index < -0.39 is 13.3 Å². The van der Waals surface area contributed by atoms with Crippen LogP contribution in [0.2, 0.25) is 0 Å². The number of rotatable bonds is 6. The van der Waals surface area contributed by atoms with Crippen LogP contribution in [0.4, 0.5) is 0 Å². The van der Waals surface area contributed by atoms with E-state index in [2.05, 4.69) is 240 Å². The topological polar surface area (TPSA) is 35.6 Å². The molecule has 0 radical (unpaired) electrons. The van der Waals surface area contributed by atoms with E-state index in [1.807, 2.05) is 0 Å². The van der Waals surface area contributed by atoms with E-state index in [9.17, 15) is 0 Å². The first kappa shape index (κ1) is 35.9. The molecule has 0 fully saturated rings. The van der Waals surface area contributed by atoms with E-state index in [0.717, 1.165) is 39.7 Å². The predicted molar refractivity (Wildman–Crippen MR) is 264 cm³/mol. The van der Waals surface area contributed by atoms with Crippen LogP contribution in [0, 0.1) is 0 Å². The van der Waals surface area contributed by atoms with Crippen molar-refractivity contribution in [2.45, 2.75) is 0 Å². The SMILES string of the molecule is c1ccc(-c2nc(-c3ccc(-n4c5ccccc5c5ccc6c(c7ccccc7n6-c6ccccc6)c54)cc3)nc3[c]2[Ge]([c]2ccccc2)([c]2ccccc2)[c]2ccccc2-3)cc1. The van der Waals surface area contributed by atoms with Crippen LogP contribution in [0.25, 0.3) is 88.9 Å². The molecule has 0 saturated heterocycles. The van der Waals surface area contributed by atoms with E-state index in [0.29, 0.717) is 0 Å². The molecule has 9 aromatic carbocycles. The summed E-state index contributed by atoms with van der Waals surface area (Å²) < 4.78 is 10.3. The standard InChI is InChI=1S/C58H38GeN4/c1-5-19-39(20-6-1)55-54-56(47-28-13-16-30-49(47)59(54,41-21-7-2-8-22-41)42-23-9-3-10-24-42)61-58(60-55)40-33-35-44(36-34-40)63-50-31-17-14-27-45(50)46-37-38-52-53(57(46)63)48-29-15-18-32-51(48)62(52)43-25-11-4-12-26-43/h1-38H. The average Bonchev–Trinajstić information content (AvgIpc) is 3.99. The van der Waals surface area contributed by atoms with Crippen LogP contribution in [-0.2, 0) is 0 Å². The van der Waals surface area contributed by atoms with Gasteiger partial charge >= 0.3 is 287 Å². The number of hydrogen-bond acceptors (Lipinski definition) is 2. The summed E-state index contributed by atoms with van der Waals surface area (Å²) in [6.45, 7) is 0. The van der Waals surface area contributed by atoms with Crippen molar-refractivity contribution >= 4 is 74.5 Å². The van der Waals surface area contributed by atoms with Gasteiger partial charge in [0.25, 0.3) is 0 Å². The minimum absolute atomic E-state index is 0.726. The summed E-state index contributed by atoms with van der Waals surface area (Å²) in [6.07, 6.45) is 0. The second-order valence-corrected chi connectivity index (χ2v) is 24.2. The number of fused-ring (bicyclic) bond motifs is 10. The zero-order chi connectivity index (χ0) is 41.5. The number of para-hydroxylation sites is 3. The van der Waals surface area contributed by atoms with E-state index in [-0.39, 0.29) is 0 Å². The fourth-order valence-electron chi connectivity index (χ4n) is 10.6. The summed E-state index contributed by atoms with van der Waals surface area (Å²) in [6, 6.07) is 83.9. The molecule has 4 heterocycles. The monoisotopic (exact) mass is 864 g/mol. The zero-order valence-electron chi connectivity index (χ0n) is 34.2. The van der Waals surface area contributed by atoms with Crippen LogP contribution in [0.1, 0.15) is 0 Å². The summed E-state index contributed by atoms with van der Waals surface area (Å²) in [5.74, 6) is 0.726. The number of aromatic nitrogens is 4. The van der Waals surface area contributed by atoms with Crippen molar-refractivity contribution in [2.75, 3.05) is 0 Å². The Balaban J connectivity index is 1.05. The molecule has 294 valence electrons. The Morgan fingerprint density at radius 2 is 0.889 bits per heavy atom. The summed E-state index contributed by atoms with van der Waals surface area (Å²) in [5, 5.41) is 4.94. The first-order valence-corrected chi connectivity index (χ1v) is 25.8. The van der Waals surface area contributed by atoms with Gasteiger partial charge in [0.1, 0.15) is 0 Å². The molecular formula is C58H38GeN4. The second kappa shape index (κ2) is 14.1. The molecule has 0 saturated carbocycles. The van der Waals surface area contributed by atoms with Gasteiger partial charge in [-0.15, -0.1) is 0 Å². The molecule has 1 aliphatic rings. The molecule has 0 atom stereocenters. The van der Waals surface area contributed by atoms with Gasteiger partial charge in [0.15, 0.2) is 0 Å². The Hall–Kier alpha value is -7.80. The summed E-state index contributed by atoms with van der Waals surface area (Å²) >= 11 is -3.65. The Bertz CT molecular complexity index is 3670. The van der Waals surface area contributed by atoms with Gasteiger partial charge < -0.3 is 4.57 Å². The molecule has 3 aromatic heterocycles. The maximum atomic E-state index is 5.64. The Morgan fingerprint density at radius 1 is 0.349 bits per heavy atom. The van der Waals surface area contributed by atoms with E-state index >= 15 is 0 Å². The van der Waals surface area contributed by atoms with Gasteiger partial charge in [-0.3, -0.25) is 0 Å². The fraction of sp³-hybridized carbons (Fsp3) is 0. The van der Waals surface area contributed by atoms with Crippen molar-refractivity contribution in [1.82, 2.24) is 19.1 Å². The summed E-state index contributed by atoms with van der Waals surface area (Å²) in [7, 11) is 0. The van der Waals surface area contributed by atoms with Crippen molar-refractivity contribution in [3.8, 4) is 45.3 Å². The minimum atomic E-state index is -3.65. The van der Waals surface area contributed by atoms with Crippen LogP contribution in [0.15, 0.2) is 231 Å². The van der Waals surface area contributed by atoms with Gasteiger partial charge in [-0.05, 0) is 24.3 Å². The van der Waals surface area contributed by atoms with Gasteiger partial charge in [0.05, 0.1) is 5.52 Å². The third kappa shape index (κ3) is 5.22. The van der Waals surface area contributed by atoms with E-state index in [1.54, 1.807) is 0 Å². The van der Waals surface area contributed by atoms with Gasteiger partial charge in [-0.25, -0.2) is 0 Å². The molecule has 13 rings (SSSR count). The summed E-state index contributed by atoms with van der Waals surface area (Å²) in [4.78, 5) is 11.3. The van der Waals surface area contributed by atoms with E-state index in [1.165, 1.54) is 66.8 Å². The van der Waals surface area contributed by atoms with Crippen molar-refractivity contribution in [2.24, 2.45) is 0 Å². The molecule has 0 spiro atoms. The van der Waals surface area contributed by atoms with Crippen LogP contribution >= 0.6 is 0 Å². The molecule has 0 amide bonds. The van der Waals surface area contributed by atoms with E-state index in [4.69, 9.17) is 9.97 Å². The fourth-order valence-corrected chi connectivity index (χ4v) is 21.6. The van der Waals surface area contributed by atoms with Gasteiger partial charge in [-0.1, -0.05) is 42.5 Å². The third-order valence-corrected chi connectivity index (χ3v) is 23.4. The molecule has 0 unspecified atom stereocenters. The first-order chi connectivity index (χ1) is 31.3. The van der Waals surface area contributed by atoms with Gasteiger partial charge in [0, 0.05) is 5.69 Å². The third-order valence-electron chi connectivity index (χ3n) is 13.2. The molecule has 0 bridgehead atoms.